The predicted molar refractivity (Wildman–Crippen MR) is 68.7 cm³/mol. The summed E-state index contributed by atoms with van der Waals surface area (Å²) >= 11 is 7.15. The molecule has 2 aromatic rings. The van der Waals surface area contributed by atoms with Crippen LogP contribution in [0.15, 0.2) is 24.5 Å². The Morgan fingerprint density at radius 3 is 2.94 bits per heavy atom. The monoisotopic (exact) mass is 267 g/mol. The first-order valence-electron chi connectivity index (χ1n) is 5.06. The quantitative estimate of drug-likeness (QED) is 0.930. The molecule has 0 atom stereocenters. The van der Waals surface area contributed by atoms with Crippen LogP contribution < -0.4 is 5.32 Å². The van der Waals surface area contributed by atoms with Gasteiger partial charge < -0.3 is 5.32 Å². The van der Waals surface area contributed by atoms with E-state index in [9.17, 15) is 4.79 Å². The van der Waals surface area contributed by atoms with Crippen LogP contribution in [0.3, 0.4) is 0 Å². The third kappa shape index (κ3) is 3.01. The largest absolute Gasteiger partial charge is 0.305 e. The second-order valence-electron chi connectivity index (χ2n) is 3.30. The van der Waals surface area contributed by atoms with Crippen LogP contribution in [0.25, 0.3) is 0 Å². The lowest BCUT2D eigenvalue weighted by Gasteiger charge is -2.01. The molecule has 0 aromatic carbocycles. The zero-order chi connectivity index (χ0) is 12.3. The van der Waals surface area contributed by atoms with E-state index >= 15 is 0 Å². The van der Waals surface area contributed by atoms with Gasteiger partial charge in [-0.3, -0.25) is 9.78 Å². The third-order valence-corrected chi connectivity index (χ3v) is 3.49. The average molecular weight is 268 g/mol. The van der Waals surface area contributed by atoms with Crippen molar-refractivity contribution in [3.05, 3.63) is 39.4 Å². The fraction of sp³-hybridized carbons (Fsp3) is 0.182. The number of anilines is 1. The molecule has 0 aliphatic heterocycles. The topological polar surface area (TPSA) is 54.9 Å². The Morgan fingerprint density at radius 1 is 1.47 bits per heavy atom. The molecule has 0 unspecified atom stereocenters. The van der Waals surface area contributed by atoms with Crippen LogP contribution in [0.1, 0.15) is 21.5 Å². The van der Waals surface area contributed by atoms with Gasteiger partial charge in [0.15, 0.2) is 5.82 Å². The molecule has 6 heteroatoms. The number of carbonyl (C=O) groups is 1. The molecule has 0 aliphatic rings. The molecule has 4 nitrogen and oxygen atoms in total. The Labute approximate surface area is 108 Å². The van der Waals surface area contributed by atoms with Crippen LogP contribution in [0.5, 0.6) is 0 Å². The maximum absolute atomic E-state index is 11.8. The molecule has 0 saturated heterocycles. The number of aryl methyl sites for hydroxylation is 1. The number of hydrogen-bond donors (Lipinski definition) is 1. The molecule has 0 fully saturated rings. The van der Waals surface area contributed by atoms with Gasteiger partial charge in [0.05, 0.1) is 17.3 Å². The minimum Gasteiger partial charge on any atom is -0.305 e. The van der Waals surface area contributed by atoms with Crippen molar-refractivity contribution in [3.63, 3.8) is 0 Å². The molecular weight excluding hydrogens is 258 g/mol. The molecule has 2 heterocycles. The standard InChI is InChI=1S/C11H10ClN3OS/c1-2-7-3-4-8(17-7)11(16)15-10-6-13-5-9(12)14-10/h3-6H,2H2,1H3,(H,14,15,16). The van der Waals surface area contributed by atoms with E-state index in [2.05, 4.69) is 22.2 Å². The zero-order valence-electron chi connectivity index (χ0n) is 9.11. The average Bonchev–Trinajstić information content (AvgIpc) is 2.77. The van der Waals surface area contributed by atoms with E-state index in [1.807, 2.05) is 6.07 Å². The van der Waals surface area contributed by atoms with Gasteiger partial charge in [0.1, 0.15) is 5.15 Å². The van der Waals surface area contributed by atoms with Crippen molar-refractivity contribution >= 4 is 34.7 Å². The van der Waals surface area contributed by atoms with Crippen molar-refractivity contribution < 1.29 is 4.79 Å². The first-order chi connectivity index (χ1) is 8.19. The number of nitrogens with one attached hydrogen (secondary N) is 1. The SMILES string of the molecule is CCc1ccc(C(=O)Nc2cncc(Cl)n2)s1. The van der Waals surface area contributed by atoms with Crippen LogP contribution in [0.4, 0.5) is 5.82 Å². The molecule has 1 amide bonds. The van der Waals surface area contributed by atoms with Crippen molar-refractivity contribution in [1.82, 2.24) is 9.97 Å². The highest BCUT2D eigenvalue weighted by Gasteiger charge is 2.09. The summed E-state index contributed by atoms with van der Waals surface area (Å²) < 4.78 is 0. The highest BCUT2D eigenvalue weighted by Crippen LogP contribution is 2.18. The Balaban J connectivity index is 2.11. The van der Waals surface area contributed by atoms with Crippen molar-refractivity contribution in [2.24, 2.45) is 0 Å². The smallest absolute Gasteiger partial charge is 0.266 e. The Morgan fingerprint density at radius 2 is 2.29 bits per heavy atom. The second kappa shape index (κ2) is 5.25. The molecule has 2 aromatic heterocycles. The van der Waals surface area contributed by atoms with E-state index in [4.69, 9.17) is 11.6 Å². The summed E-state index contributed by atoms with van der Waals surface area (Å²) in [5, 5.41) is 2.90. The Bertz CT molecular complexity index is 541. The fourth-order valence-electron chi connectivity index (χ4n) is 1.27. The van der Waals surface area contributed by atoms with Crippen LogP contribution in [0, 0.1) is 0 Å². The van der Waals surface area contributed by atoms with Crippen molar-refractivity contribution in [2.45, 2.75) is 13.3 Å². The normalized spacial score (nSPS) is 10.2. The maximum Gasteiger partial charge on any atom is 0.266 e. The molecule has 0 aliphatic carbocycles. The summed E-state index contributed by atoms with van der Waals surface area (Å²) in [5.41, 5.74) is 0. The summed E-state index contributed by atoms with van der Waals surface area (Å²) in [6, 6.07) is 3.75. The zero-order valence-corrected chi connectivity index (χ0v) is 10.7. The summed E-state index contributed by atoms with van der Waals surface area (Å²) in [4.78, 5) is 21.5. The minimum atomic E-state index is -0.189. The molecule has 0 saturated carbocycles. The number of nitrogens with zero attached hydrogens (tertiary/aromatic N) is 2. The van der Waals surface area contributed by atoms with Crippen LogP contribution >= 0.6 is 22.9 Å². The lowest BCUT2D eigenvalue weighted by molar-refractivity contribution is 0.103. The summed E-state index contributed by atoms with van der Waals surface area (Å²) in [7, 11) is 0. The van der Waals surface area contributed by atoms with Gasteiger partial charge in [0.2, 0.25) is 0 Å². The first-order valence-corrected chi connectivity index (χ1v) is 6.26. The predicted octanol–water partition coefficient (Wildman–Crippen LogP) is 3.01. The number of aromatic nitrogens is 2. The highest BCUT2D eigenvalue weighted by atomic mass is 35.5. The van der Waals surface area contributed by atoms with Gasteiger partial charge in [0.25, 0.3) is 5.91 Å². The van der Waals surface area contributed by atoms with Gasteiger partial charge in [-0.1, -0.05) is 18.5 Å². The van der Waals surface area contributed by atoms with E-state index in [1.54, 1.807) is 6.07 Å². The number of carbonyl (C=O) groups excluding carboxylic acids is 1. The number of hydrogen-bond acceptors (Lipinski definition) is 4. The van der Waals surface area contributed by atoms with Crippen molar-refractivity contribution in [3.8, 4) is 0 Å². The number of rotatable bonds is 3. The molecule has 0 bridgehead atoms. The molecule has 0 radical (unpaired) electrons. The van der Waals surface area contributed by atoms with Crippen LogP contribution in [0.2, 0.25) is 5.15 Å². The van der Waals surface area contributed by atoms with E-state index < -0.39 is 0 Å². The van der Waals surface area contributed by atoms with E-state index in [-0.39, 0.29) is 11.1 Å². The number of thiophene rings is 1. The number of halogens is 1. The lowest BCUT2D eigenvalue weighted by atomic mass is 10.3. The Hall–Kier alpha value is -1.46. The summed E-state index contributed by atoms with van der Waals surface area (Å²) in [5.74, 6) is 0.167. The first kappa shape index (κ1) is 12.0. The molecular formula is C11H10ClN3OS. The number of amides is 1. The highest BCUT2D eigenvalue weighted by molar-refractivity contribution is 7.14. The molecule has 1 N–H and O–H groups in total. The maximum atomic E-state index is 11.8. The molecule has 17 heavy (non-hydrogen) atoms. The fourth-order valence-corrected chi connectivity index (χ4v) is 2.26. The van der Waals surface area contributed by atoms with Crippen molar-refractivity contribution in [1.29, 1.82) is 0 Å². The van der Waals surface area contributed by atoms with Gasteiger partial charge in [-0.2, -0.15) is 0 Å². The van der Waals surface area contributed by atoms with E-state index in [0.717, 1.165) is 6.42 Å². The van der Waals surface area contributed by atoms with E-state index in [0.29, 0.717) is 10.7 Å². The summed E-state index contributed by atoms with van der Waals surface area (Å²) in [6.07, 6.45) is 3.80. The molecule has 88 valence electrons. The molecule has 2 rings (SSSR count). The van der Waals surface area contributed by atoms with Gasteiger partial charge in [-0.25, -0.2) is 4.98 Å². The van der Waals surface area contributed by atoms with Crippen LogP contribution in [-0.2, 0) is 6.42 Å². The van der Waals surface area contributed by atoms with Crippen molar-refractivity contribution in [2.75, 3.05) is 5.32 Å². The minimum absolute atomic E-state index is 0.189. The van der Waals surface area contributed by atoms with Crippen LogP contribution in [-0.4, -0.2) is 15.9 Å². The Kier molecular flexibility index (Phi) is 3.71. The van der Waals surface area contributed by atoms with Gasteiger partial charge >= 0.3 is 0 Å². The van der Waals surface area contributed by atoms with Gasteiger partial charge in [-0.05, 0) is 18.6 Å². The second-order valence-corrected chi connectivity index (χ2v) is 4.86. The molecule has 0 spiro atoms. The summed E-state index contributed by atoms with van der Waals surface area (Å²) in [6.45, 7) is 2.05. The lowest BCUT2D eigenvalue weighted by Crippen LogP contribution is -2.11. The third-order valence-electron chi connectivity index (χ3n) is 2.08. The van der Waals surface area contributed by atoms with E-state index in [1.165, 1.54) is 28.6 Å². The van der Waals surface area contributed by atoms with Gasteiger partial charge in [-0.15, -0.1) is 11.3 Å². The van der Waals surface area contributed by atoms with Gasteiger partial charge in [0, 0.05) is 4.88 Å².